The lowest BCUT2D eigenvalue weighted by Crippen LogP contribution is -2.37. The number of aromatic carboxylic acids is 1. The van der Waals surface area contributed by atoms with Gasteiger partial charge in [0.05, 0.1) is 17.2 Å². The molecule has 0 aliphatic heterocycles. The molecular formula is C20H21N3O5. The van der Waals surface area contributed by atoms with Crippen LogP contribution in [0, 0.1) is 5.41 Å². The molecule has 2 aromatic heterocycles. The van der Waals surface area contributed by atoms with Gasteiger partial charge in [-0.25, -0.2) is 4.79 Å². The number of carbonyl (C=O) groups is 3. The van der Waals surface area contributed by atoms with Crippen molar-refractivity contribution in [3.63, 3.8) is 0 Å². The zero-order valence-electron chi connectivity index (χ0n) is 15.3. The van der Waals surface area contributed by atoms with Crippen molar-refractivity contribution in [3.05, 3.63) is 41.9 Å². The van der Waals surface area contributed by atoms with Crippen molar-refractivity contribution in [1.82, 2.24) is 14.8 Å². The van der Waals surface area contributed by atoms with Gasteiger partial charge in [0.2, 0.25) is 5.88 Å². The third kappa shape index (κ3) is 3.19. The van der Waals surface area contributed by atoms with Crippen LogP contribution in [0.5, 0.6) is 5.88 Å². The summed E-state index contributed by atoms with van der Waals surface area (Å²) < 4.78 is 7.21. The fourth-order valence-electron chi connectivity index (χ4n) is 4.22. The van der Waals surface area contributed by atoms with Crippen molar-refractivity contribution in [1.29, 1.82) is 0 Å². The van der Waals surface area contributed by atoms with Crippen LogP contribution < -0.4 is 4.74 Å². The first-order valence-electron chi connectivity index (χ1n) is 9.41. The van der Waals surface area contributed by atoms with Gasteiger partial charge in [0, 0.05) is 25.2 Å². The van der Waals surface area contributed by atoms with Crippen LogP contribution in [-0.4, -0.2) is 37.4 Å². The predicted octanol–water partition coefficient (Wildman–Crippen LogP) is 2.59. The summed E-state index contributed by atoms with van der Waals surface area (Å²) in [6.07, 6.45) is 6.02. The number of Topliss-reactive ketones (excluding diaryl/α,β-unsaturated/α-hetero) is 2. The molecule has 1 N–H and O–H groups in total. The molecule has 2 heterocycles. The fourth-order valence-corrected chi connectivity index (χ4v) is 4.22. The van der Waals surface area contributed by atoms with Gasteiger partial charge in [-0.15, -0.1) is 5.10 Å². The molecule has 0 atom stereocenters. The van der Waals surface area contributed by atoms with Gasteiger partial charge < -0.3 is 9.84 Å². The number of carbonyl (C=O) groups excluding carboxylic acids is 2. The van der Waals surface area contributed by atoms with E-state index in [-0.39, 0.29) is 35.7 Å². The summed E-state index contributed by atoms with van der Waals surface area (Å²) in [6.45, 7) is 0.120. The number of ketones is 2. The van der Waals surface area contributed by atoms with Gasteiger partial charge >= 0.3 is 5.97 Å². The molecule has 8 nitrogen and oxygen atoms in total. The number of nitrogens with zero attached hydrogens (tertiary/aromatic N) is 3. The lowest BCUT2D eigenvalue weighted by molar-refractivity contribution is -0.137. The van der Waals surface area contributed by atoms with Crippen LogP contribution in [0.4, 0.5) is 0 Å². The molecule has 2 fully saturated rings. The highest BCUT2D eigenvalue weighted by atomic mass is 16.5. The van der Waals surface area contributed by atoms with Crippen LogP contribution in [0.1, 0.15) is 60.6 Å². The summed E-state index contributed by atoms with van der Waals surface area (Å²) in [6, 6.07) is 5.34. The van der Waals surface area contributed by atoms with Crippen LogP contribution >= 0.6 is 0 Å². The van der Waals surface area contributed by atoms with Crippen LogP contribution in [0.3, 0.4) is 0 Å². The minimum atomic E-state index is -1.12. The Kier molecular flexibility index (Phi) is 4.70. The standard InChI is InChI=1S/C20H21N3O5/c24-16-4-5-17(25)20(16)8-6-14(7-9-20)23-11-15(19(26)27)18(22-23)28-12-13-3-1-2-10-21-13/h1-3,10-11,14H,4-9,12H2,(H,26,27). The first kappa shape index (κ1) is 18.3. The molecule has 0 bridgehead atoms. The second kappa shape index (κ2) is 7.18. The maximum atomic E-state index is 12.2. The molecule has 28 heavy (non-hydrogen) atoms. The van der Waals surface area contributed by atoms with Crippen LogP contribution in [0.15, 0.2) is 30.6 Å². The Morgan fingerprint density at radius 3 is 2.54 bits per heavy atom. The number of hydrogen-bond donors (Lipinski definition) is 1. The summed E-state index contributed by atoms with van der Waals surface area (Å²) in [4.78, 5) is 40.2. The highest BCUT2D eigenvalue weighted by molar-refractivity contribution is 6.12. The lowest BCUT2D eigenvalue weighted by atomic mass is 9.70. The van der Waals surface area contributed by atoms with Crippen molar-refractivity contribution >= 4 is 17.5 Å². The smallest absolute Gasteiger partial charge is 0.342 e. The molecule has 0 amide bonds. The Morgan fingerprint density at radius 2 is 1.93 bits per heavy atom. The quantitative estimate of drug-likeness (QED) is 0.790. The van der Waals surface area contributed by atoms with Gasteiger partial charge in [0.1, 0.15) is 23.7 Å². The van der Waals surface area contributed by atoms with Crippen LogP contribution in [0.2, 0.25) is 0 Å². The van der Waals surface area contributed by atoms with Crippen molar-refractivity contribution in [2.24, 2.45) is 5.41 Å². The van der Waals surface area contributed by atoms with Gasteiger partial charge in [-0.1, -0.05) is 6.07 Å². The normalized spacial score (nSPS) is 19.3. The number of hydrogen-bond acceptors (Lipinski definition) is 6. The fraction of sp³-hybridized carbons (Fsp3) is 0.450. The van der Waals surface area contributed by atoms with E-state index in [1.54, 1.807) is 23.0 Å². The number of aromatic nitrogens is 3. The van der Waals surface area contributed by atoms with Gasteiger partial charge in [-0.2, -0.15) is 0 Å². The van der Waals surface area contributed by atoms with Crippen molar-refractivity contribution in [2.75, 3.05) is 0 Å². The average molecular weight is 383 g/mol. The van der Waals surface area contributed by atoms with Crippen molar-refractivity contribution in [3.8, 4) is 5.88 Å². The summed E-state index contributed by atoms with van der Waals surface area (Å²) in [7, 11) is 0. The van der Waals surface area contributed by atoms with E-state index in [0.717, 1.165) is 0 Å². The van der Waals surface area contributed by atoms with E-state index in [4.69, 9.17) is 4.74 Å². The molecule has 0 aromatic carbocycles. The molecule has 8 heteroatoms. The second-order valence-electron chi connectivity index (χ2n) is 7.40. The molecule has 2 aromatic rings. The number of ether oxygens (including phenoxy) is 1. The van der Waals surface area contributed by atoms with E-state index in [0.29, 0.717) is 44.2 Å². The zero-order valence-corrected chi connectivity index (χ0v) is 15.3. The molecule has 2 saturated carbocycles. The predicted molar refractivity (Wildman–Crippen MR) is 96.9 cm³/mol. The molecule has 0 radical (unpaired) electrons. The van der Waals surface area contributed by atoms with E-state index in [2.05, 4.69) is 10.1 Å². The molecule has 1 spiro atoms. The minimum Gasteiger partial charge on any atom is -0.477 e. The average Bonchev–Trinajstić information content (AvgIpc) is 3.26. The first-order valence-corrected chi connectivity index (χ1v) is 9.41. The van der Waals surface area contributed by atoms with E-state index >= 15 is 0 Å². The maximum Gasteiger partial charge on any atom is 0.342 e. The highest BCUT2D eigenvalue weighted by Gasteiger charge is 2.51. The number of rotatable bonds is 5. The third-order valence-corrected chi connectivity index (χ3v) is 5.84. The van der Waals surface area contributed by atoms with Gasteiger partial charge in [0.25, 0.3) is 0 Å². The van der Waals surface area contributed by atoms with Crippen molar-refractivity contribution in [2.45, 2.75) is 51.2 Å². The molecule has 2 aliphatic carbocycles. The molecule has 4 rings (SSSR count). The SMILES string of the molecule is O=C(O)c1cn(C2CCC3(CC2)C(=O)CCC3=O)nc1OCc1ccccn1. The van der Waals surface area contributed by atoms with Crippen LogP contribution in [-0.2, 0) is 16.2 Å². The van der Waals surface area contributed by atoms with Gasteiger partial charge in [0.15, 0.2) is 0 Å². The van der Waals surface area contributed by atoms with Crippen LogP contribution in [0.25, 0.3) is 0 Å². The highest BCUT2D eigenvalue weighted by Crippen LogP contribution is 2.47. The van der Waals surface area contributed by atoms with E-state index in [9.17, 15) is 19.5 Å². The summed E-state index contributed by atoms with van der Waals surface area (Å²) in [5, 5.41) is 13.8. The Hall–Kier alpha value is -3.03. The summed E-state index contributed by atoms with van der Waals surface area (Å²) in [5.41, 5.74) is -0.145. The Morgan fingerprint density at radius 1 is 1.21 bits per heavy atom. The molecule has 2 aliphatic rings. The van der Waals surface area contributed by atoms with E-state index < -0.39 is 11.4 Å². The largest absolute Gasteiger partial charge is 0.477 e. The van der Waals surface area contributed by atoms with E-state index in [1.807, 2.05) is 6.07 Å². The Bertz CT molecular complexity index is 895. The molecule has 0 unspecified atom stereocenters. The molecule has 0 saturated heterocycles. The van der Waals surface area contributed by atoms with Gasteiger partial charge in [-0.3, -0.25) is 19.3 Å². The third-order valence-electron chi connectivity index (χ3n) is 5.84. The zero-order chi connectivity index (χ0) is 19.7. The second-order valence-corrected chi connectivity index (χ2v) is 7.40. The maximum absolute atomic E-state index is 12.2. The monoisotopic (exact) mass is 383 g/mol. The van der Waals surface area contributed by atoms with Crippen molar-refractivity contribution < 1.29 is 24.2 Å². The summed E-state index contributed by atoms with van der Waals surface area (Å²) >= 11 is 0. The molecular weight excluding hydrogens is 362 g/mol. The van der Waals surface area contributed by atoms with E-state index in [1.165, 1.54) is 6.20 Å². The lowest BCUT2D eigenvalue weighted by Gasteiger charge is -2.34. The number of carboxylic acid groups (broad SMARTS) is 1. The Balaban J connectivity index is 1.49. The minimum absolute atomic E-state index is 0.00997. The number of pyridine rings is 1. The summed E-state index contributed by atoms with van der Waals surface area (Å²) in [5.74, 6) is -0.953. The molecule has 146 valence electrons. The Labute approximate surface area is 161 Å². The van der Waals surface area contributed by atoms with Gasteiger partial charge in [-0.05, 0) is 37.8 Å². The topological polar surface area (TPSA) is 111 Å². The first-order chi connectivity index (χ1) is 13.5. The number of carboxylic acids is 1.